The number of nitrogens with zero attached hydrogens (tertiary/aromatic N) is 1. The molecule has 2 aromatic carbocycles. The molecule has 0 radical (unpaired) electrons. The summed E-state index contributed by atoms with van der Waals surface area (Å²) in [4.78, 5) is 24.3. The van der Waals surface area contributed by atoms with Crippen molar-refractivity contribution in [1.82, 2.24) is 15.2 Å². The Morgan fingerprint density at radius 3 is 2.72 bits per heavy atom. The first kappa shape index (κ1) is 21.9. The van der Waals surface area contributed by atoms with E-state index in [1.807, 2.05) is 41.8 Å². The van der Waals surface area contributed by atoms with Gasteiger partial charge < -0.3 is 20.3 Å². The summed E-state index contributed by atoms with van der Waals surface area (Å²) in [5, 5.41) is 16.4. The molecule has 0 bridgehead atoms. The number of hydrogen-bond acceptors (Lipinski definition) is 2. The van der Waals surface area contributed by atoms with Crippen LogP contribution in [-0.2, 0) is 24.1 Å². The average molecular weight is 438 g/mol. The largest absolute Gasteiger partial charge is 0.480 e. The lowest BCUT2D eigenvalue weighted by Gasteiger charge is -2.26. The number of urea groups is 1. The molecule has 1 aliphatic rings. The van der Waals surface area contributed by atoms with Crippen LogP contribution < -0.4 is 10.6 Å². The van der Waals surface area contributed by atoms with Gasteiger partial charge >= 0.3 is 12.0 Å². The molecule has 3 aromatic rings. The van der Waals surface area contributed by atoms with Crippen molar-refractivity contribution < 1.29 is 19.1 Å². The van der Waals surface area contributed by atoms with E-state index < -0.39 is 12.0 Å². The van der Waals surface area contributed by atoms with Gasteiger partial charge in [0, 0.05) is 29.2 Å². The van der Waals surface area contributed by atoms with E-state index in [9.17, 15) is 19.1 Å². The van der Waals surface area contributed by atoms with Crippen molar-refractivity contribution in [3.8, 4) is 0 Å². The smallest absolute Gasteiger partial charge is 0.326 e. The summed E-state index contributed by atoms with van der Waals surface area (Å²) < 4.78 is 15.9. The molecule has 32 heavy (non-hydrogen) atoms. The number of halogens is 1. The second-order valence-electron chi connectivity index (χ2n) is 8.29. The van der Waals surface area contributed by atoms with Gasteiger partial charge in [-0.15, -0.1) is 0 Å². The van der Waals surface area contributed by atoms with Crippen molar-refractivity contribution in [3.63, 3.8) is 0 Å². The molecule has 2 amide bonds. The molecule has 3 N–H and O–H groups in total. The quantitative estimate of drug-likeness (QED) is 0.518. The van der Waals surface area contributed by atoms with Crippen molar-refractivity contribution in [1.29, 1.82) is 0 Å². The maximum atomic E-state index is 14.0. The number of carbonyl (C=O) groups is 2. The first-order chi connectivity index (χ1) is 15.5. The summed E-state index contributed by atoms with van der Waals surface area (Å²) in [6.07, 6.45) is 3.07. The van der Waals surface area contributed by atoms with Crippen LogP contribution in [0.4, 0.5) is 9.18 Å². The molecule has 6 nitrogen and oxygen atoms in total. The van der Waals surface area contributed by atoms with Gasteiger partial charge in [-0.3, -0.25) is 0 Å². The first-order valence-corrected chi connectivity index (χ1v) is 11.1. The van der Waals surface area contributed by atoms with Gasteiger partial charge in [-0.2, -0.15) is 0 Å². The molecule has 0 fully saturated rings. The highest BCUT2D eigenvalue weighted by Crippen LogP contribution is 2.36. The van der Waals surface area contributed by atoms with Crippen molar-refractivity contribution in [2.24, 2.45) is 0 Å². The van der Waals surface area contributed by atoms with E-state index in [1.165, 1.54) is 12.1 Å². The molecule has 0 saturated carbocycles. The van der Waals surface area contributed by atoms with Gasteiger partial charge in [0.25, 0.3) is 0 Å². The lowest BCUT2D eigenvalue weighted by molar-refractivity contribution is -0.140. The normalized spacial score (nSPS) is 16.4. The van der Waals surface area contributed by atoms with Crippen LogP contribution in [0.25, 0.3) is 10.9 Å². The van der Waals surface area contributed by atoms with E-state index in [0.29, 0.717) is 32.2 Å². The predicted octanol–water partition coefficient (Wildman–Crippen LogP) is 4.22. The number of rotatable bonds is 7. The average Bonchev–Trinajstić information content (AvgIpc) is 3.08. The minimum Gasteiger partial charge on any atom is -0.480 e. The van der Waals surface area contributed by atoms with Gasteiger partial charge in [0.05, 0.1) is 0 Å². The molecule has 1 aromatic heterocycles. The number of fused-ring (bicyclic) bond motifs is 3. The Morgan fingerprint density at radius 1 is 1.22 bits per heavy atom. The van der Waals surface area contributed by atoms with Gasteiger partial charge in [-0.25, -0.2) is 14.0 Å². The van der Waals surface area contributed by atoms with Gasteiger partial charge in [-0.1, -0.05) is 37.3 Å². The molecule has 1 aliphatic carbocycles. The van der Waals surface area contributed by atoms with E-state index in [1.54, 1.807) is 6.07 Å². The molecule has 1 unspecified atom stereocenters. The van der Waals surface area contributed by atoms with Crippen LogP contribution in [-0.4, -0.2) is 34.3 Å². The maximum absolute atomic E-state index is 14.0. The molecular weight excluding hydrogens is 409 g/mol. The minimum absolute atomic E-state index is 0.0913. The zero-order valence-corrected chi connectivity index (χ0v) is 18.1. The number of amides is 2. The summed E-state index contributed by atoms with van der Waals surface area (Å²) in [5.74, 6) is -1.25. The van der Waals surface area contributed by atoms with Crippen LogP contribution >= 0.6 is 0 Å². The van der Waals surface area contributed by atoms with E-state index in [-0.39, 0.29) is 17.9 Å². The van der Waals surface area contributed by atoms with E-state index in [2.05, 4.69) is 10.6 Å². The fourth-order valence-electron chi connectivity index (χ4n) is 4.71. The minimum atomic E-state index is -0.894. The fourth-order valence-corrected chi connectivity index (χ4v) is 4.71. The molecule has 0 spiro atoms. The zero-order chi connectivity index (χ0) is 22.7. The highest BCUT2D eigenvalue weighted by molar-refractivity contribution is 5.88. The highest BCUT2D eigenvalue weighted by Gasteiger charge is 2.30. The van der Waals surface area contributed by atoms with Crippen LogP contribution in [0.1, 0.15) is 42.6 Å². The Bertz CT molecular complexity index is 1130. The first-order valence-electron chi connectivity index (χ1n) is 11.1. The van der Waals surface area contributed by atoms with E-state index in [4.69, 9.17) is 0 Å². The van der Waals surface area contributed by atoms with E-state index >= 15 is 0 Å². The monoisotopic (exact) mass is 437 g/mol. The van der Waals surface area contributed by atoms with E-state index in [0.717, 1.165) is 34.1 Å². The number of aromatic nitrogens is 1. The van der Waals surface area contributed by atoms with Crippen LogP contribution in [0.5, 0.6) is 0 Å². The summed E-state index contributed by atoms with van der Waals surface area (Å²) in [6, 6.07) is 13.5. The Morgan fingerprint density at radius 2 is 2.00 bits per heavy atom. The summed E-state index contributed by atoms with van der Waals surface area (Å²) in [5.41, 5.74) is 3.76. The second-order valence-corrected chi connectivity index (χ2v) is 8.29. The van der Waals surface area contributed by atoms with Crippen molar-refractivity contribution in [2.45, 2.75) is 51.1 Å². The van der Waals surface area contributed by atoms with Crippen molar-refractivity contribution in [3.05, 3.63) is 71.2 Å². The standard InChI is InChI=1S/C25H28FN3O3/c1-2-21(24(30)31)29-22-10-8-17(26)14-19(22)20-15-18(9-11-23(20)29)28-25(32)27-13-12-16-6-4-3-5-7-16/h3-8,10,14,18,21H,2,9,11-13,15H2,1H3,(H,30,31)(H2,27,28,32)/t18-,21?/m0/s1. The number of carbonyl (C=O) groups excluding carboxylic acids is 1. The van der Waals surface area contributed by atoms with Crippen molar-refractivity contribution >= 4 is 22.9 Å². The third-order valence-electron chi connectivity index (χ3n) is 6.22. The molecule has 0 aliphatic heterocycles. The maximum Gasteiger partial charge on any atom is 0.326 e. The molecule has 168 valence electrons. The fraction of sp³-hybridized carbons (Fsp3) is 0.360. The van der Waals surface area contributed by atoms with Crippen LogP contribution in [0.3, 0.4) is 0 Å². The van der Waals surface area contributed by atoms with Gasteiger partial charge in [0.1, 0.15) is 11.9 Å². The third kappa shape index (κ3) is 4.47. The third-order valence-corrected chi connectivity index (χ3v) is 6.22. The summed E-state index contributed by atoms with van der Waals surface area (Å²) in [6.45, 7) is 2.38. The molecule has 1 heterocycles. The number of benzene rings is 2. The SMILES string of the molecule is CCC(C(=O)O)n1c2c(c3cc(F)ccc31)C[C@@H](NC(=O)NCCc1ccccc1)CC2. The molecule has 0 saturated heterocycles. The van der Waals surface area contributed by atoms with Gasteiger partial charge in [-0.05, 0) is 61.4 Å². The van der Waals surface area contributed by atoms with Crippen LogP contribution in [0, 0.1) is 5.82 Å². The second kappa shape index (κ2) is 9.42. The number of aliphatic carboxylic acids is 1. The predicted molar refractivity (Wildman–Crippen MR) is 121 cm³/mol. The Labute approximate surface area is 186 Å². The number of carboxylic acids is 1. The summed E-state index contributed by atoms with van der Waals surface area (Å²) in [7, 11) is 0. The van der Waals surface area contributed by atoms with Gasteiger partial charge in [0.2, 0.25) is 0 Å². The zero-order valence-electron chi connectivity index (χ0n) is 18.1. The lowest BCUT2D eigenvalue weighted by Crippen LogP contribution is -2.45. The van der Waals surface area contributed by atoms with Gasteiger partial charge in [0.15, 0.2) is 0 Å². The highest BCUT2D eigenvalue weighted by atomic mass is 19.1. The number of nitrogens with one attached hydrogen (secondary N) is 2. The van der Waals surface area contributed by atoms with Crippen LogP contribution in [0.2, 0.25) is 0 Å². The van der Waals surface area contributed by atoms with Crippen LogP contribution in [0.15, 0.2) is 48.5 Å². The molecule has 2 atom stereocenters. The molecular formula is C25H28FN3O3. The Hall–Kier alpha value is -3.35. The number of hydrogen-bond donors (Lipinski definition) is 3. The summed E-state index contributed by atoms with van der Waals surface area (Å²) >= 11 is 0. The van der Waals surface area contributed by atoms with Crippen molar-refractivity contribution in [2.75, 3.05) is 6.54 Å². The topological polar surface area (TPSA) is 83.4 Å². The Balaban J connectivity index is 1.49. The lowest BCUT2D eigenvalue weighted by atomic mass is 9.91. The molecule has 7 heteroatoms. The molecule has 4 rings (SSSR count). The Kier molecular flexibility index (Phi) is 6.44. The number of carboxylic acid groups (broad SMARTS) is 1.